The zero-order chi connectivity index (χ0) is 13.1. The lowest BCUT2D eigenvalue weighted by atomic mass is 9.96. The van der Waals surface area contributed by atoms with Crippen LogP contribution in [0.5, 0.6) is 0 Å². The molecule has 0 bridgehead atoms. The van der Waals surface area contributed by atoms with Gasteiger partial charge in [-0.25, -0.2) is 0 Å². The summed E-state index contributed by atoms with van der Waals surface area (Å²) in [6.45, 7) is 3.29. The molecule has 0 spiro atoms. The first-order valence-corrected chi connectivity index (χ1v) is 8.28. The van der Waals surface area contributed by atoms with Gasteiger partial charge < -0.3 is 10.6 Å². The van der Waals surface area contributed by atoms with Gasteiger partial charge in [-0.05, 0) is 31.5 Å². The molecule has 0 aromatic heterocycles. The summed E-state index contributed by atoms with van der Waals surface area (Å²) in [5.74, 6) is 0. The third-order valence-electron chi connectivity index (χ3n) is 3.76. The number of unbranched alkanes of at least 4 members (excludes halogenated alkanes) is 5. The molecule has 0 heterocycles. The third-order valence-corrected chi connectivity index (χ3v) is 4.02. The van der Waals surface area contributed by atoms with Crippen LogP contribution in [0.1, 0.15) is 77.6 Å². The minimum Gasteiger partial charge on any atom is -0.363 e. The predicted molar refractivity (Wildman–Crippen MR) is 84.0 cm³/mol. The van der Waals surface area contributed by atoms with Crippen molar-refractivity contribution in [2.24, 2.45) is 0 Å². The summed E-state index contributed by atoms with van der Waals surface area (Å²) in [5, 5.41) is 7.66. The maximum Gasteiger partial charge on any atom is 0.166 e. The molecule has 0 aromatic carbocycles. The average Bonchev–Trinajstić information content (AvgIpc) is 2.39. The zero-order valence-corrected chi connectivity index (χ0v) is 12.8. The van der Waals surface area contributed by atoms with E-state index in [1.807, 2.05) is 0 Å². The molecule has 0 atom stereocenters. The van der Waals surface area contributed by atoms with E-state index in [4.69, 9.17) is 12.2 Å². The fourth-order valence-electron chi connectivity index (χ4n) is 2.59. The Morgan fingerprint density at radius 3 is 2.39 bits per heavy atom. The van der Waals surface area contributed by atoms with E-state index in [1.54, 1.807) is 0 Å². The molecule has 0 unspecified atom stereocenters. The Morgan fingerprint density at radius 1 is 1.00 bits per heavy atom. The van der Waals surface area contributed by atoms with Gasteiger partial charge in [0.05, 0.1) is 0 Å². The van der Waals surface area contributed by atoms with E-state index in [1.165, 1.54) is 70.6 Å². The summed E-state index contributed by atoms with van der Waals surface area (Å²) in [7, 11) is 0. The number of hydrogen-bond acceptors (Lipinski definition) is 1. The van der Waals surface area contributed by atoms with E-state index in [0.29, 0.717) is 6.04 Å². The molecule has 0 aromatic rings. The van der Waals surface area contributed by atoms with E-state index in [-0.39, 0.29) is 0 Å². The lowest BCUT2D eigenvalue weighted by Gasteiger charge is -2.24. The Morgan fingerprint density at radius 2 is 1.67 bits per heavy atom. The maximum absolute atomic E-state index is 5.33. The normalized spacial score (nSPS) is 16.5. The number of rotatable bonds is 8. The van der Waals surface area contributed by atoms with Crippen molar-refractivity contribution in [3.63, 3.8) is 0 Å². The molecule has 0 saturated heterocycles. The third kappa shape index (κ3) is 7.91. The lowest BCUT2D eigenvalue weighted by Crippen LogP contribution is -2.42. The Bertz CT molecular complexity index is 213. The Hall–Kier alpha value is -0.310. The minimum absolute atomic E-state index is 0.628. The average molecular weight is 270 g/mol. The second-order valence-electron chi connectivity index (χ2n) is 5.50. The van der Waals surface area contributed by atoms with Gasteiger partial charge in [-0.3, -0.25) is 0 Å². The van der Waals surface area contributed by atoms with Crippen molar-refractivity contribution >= 4 is 17.3 Å². The van der Waals surface area contributed by atoms with E-state index in [2.05, 4.69) is 17.6 Å². The molecule has 2 N–H and O–H groups in total. The van der Waals surface area contributed by atoms with Crippen molar-refractivity contribution in [2.45, 2.75) is 83.6 Å². The molecule has 3 heteroatoms. The highest BCUT2D eigenvalue weighted by molar-refractivity contribution is 7.80. The van der Waals surface area contributed by atoms with Gasteiger partial charge in [-0.15, -0.1) is 0 Å². The fourth-order valence-corrected chi connectivity index (χ4v) is 2.86. The van der Waals surface area contributed by atoms with Crippen LogP contribution in [0, 0.1) is 0 Å². The highest BCUT2D eigenvalue weighted by Gasteiger charge is 2.13. The summed E-state index contributed by atoms with van der Waals surface area (Å²) >= 11 is 5.33. The van der Waals surface area contributed by atoms with E-state index in [0.717, 1.165) is 11.7 Å². The number of nitrogens with one attached hydrogen (secondary N) is 2. The fraction of sp³-hybridized carbons (Fsp3) is 0.933. The van der Waals surface area contributed by atoms with Gasteiger partial charge in [0.25, 0.3) is 0 Å². The first-order valence-electron chi connectivity index (χ1n) is 7.87. The van der Waals surface area contributed by atoms with Gasteiger partial charge in [0.2, 0.25) is 0 Å². The van der Waals surface area contributed by atoms with Crippen LogP contribution in [0.2, 0.25) is 0 Å². The molecule has 1 rings (SSSR count). The number of thiocarbonyl (C=S) groups is 1. The molecule has 1 fully saturated rings. The van der Waals surface area contributed by atoms with Gasteiger partial charge in [0.15, 0.2) is 5.11 Å². The van der Waals surface area contributed by atoms with E-state index >= 15 is 0 Å². The van der Waals surface area contributed by atoms with Crippen molar-refractivity contribution < 1.29 is 0 Å². The summed E-state index contributed by atoms with van der Waals surface area (Å²) < 4.78 is 0. The summed E-state index contributed by atoms with van der Waals surface area (Å²) in [4.78, 5) is 0. The standard InChI is InChI=1S/C15H30N2S/c1-2-3-4-5-6-10-13-16-15(18)17-14-11-8-7-9-12-14/h14H,2-13H2,1H3,(H2,16,17,18). The van der Waals surface area contributed by atoms with Crippen molar-refractivity contribution in [3.05, 3.63) is 0 Å². The molecule has 0 aliphatic heterocycles. The van der Waals surface area contributed by atoms with Crippen LogP contribution in [0.4, 0.5) is 0 Å². The summed E-state index contributed by atoms with van der Waals surface area (Å²) in [6, 6.07) is 0.628. The van der Waals surface area contributed by atoms with Crippen molar-refractivity contribution in [1.29, 1.82) is 0 Å². The monoisotopic (exact) mass is 270 g/mol. The van der Waals surface area contributed by atoms with Crippen molar-refractivity contribution in [2.75, 3.05) is 6.54 Å². The number of hydrogen-bond donors (Lipinski definition) is 2. The van der Waals surface area contributed by atoms with Crippen LogP contribution in [-0.2, 0) is 0 Å². The SMILES string of the molecule is CCCCCCCCNC(=S)NC1CCCCC1. The van der Waals surface area contributed by atoms with Gasteiger partial charge in [-0.1, -0.05) is 58.3 Å². The van der Waals surface area contributed by atoms with Crippen molar-refractivity contribution in [1.82, 2.24) is 10.6 Å². The maximum atomic E-state index is 5.33. The predicted octanol–water partition coefficient (Wildman–Crippen LogP) is 4.14. The lowest BCUT2D eigenvalue weighted by molar-refractivity contribution is 0.412. The summed E-state index contributed by atoms with van der Waals surface area (Å²) in [5.41, 5.74) is 0. The zero-order valence-electron chi connectivity index (χ0n) is 12.0. The molecule has 0 radical (unpaired) electrons. The van der Waals surface area contributed by atoms with Gasteiger partial charge in [0, 0.05) is 12.6 Å². The smallest absolute Gasteiger partial charge is 0.166 e. The molecular formula is C15H30N2S. The van der Waals surface area contributed by atoms with Crippen LogP contribution in [0.3, 0.4) is 0 Å². The molecule has 1 saturated carbocycles. The summed E-state index contributed by atoms with van der Waals surface area (Å²) in [6.07, 6.45) is 14.8. The Balaban J connectivity index is 1.90. The second kappa shape index (κ2) is 10.6. The van der Waals surface area contributed by atoms with Gasteiger partial charge in [-0.2, -0.15) is 0 Å². The second-order valence-corrected chi connectivity index (χ2v) is 5.91. The highest BCUT2D eigenvalue weighted by atomic mass is 32.1. The van der Waals surface area contributed by atoms with Crippen molar-refractivity contribution in [3.8, 4) is 0 Å². The molecule has 0 amide bonds. The van der Waals surface area contributed by atoms with Gasteiger partial charge >= 0.3 is 0 Å². The Labute approximate surface area is 118 Å². The first-order chi connectivity index (χ1) is 8.83. The Kier molecular flexibility index (Phi) is 9.27. The molecule has 1 aliphatic carbocycles. The minimum atomic E-state index is 0.628. The van der Waals surface area contributed by atoms with E-state index in [9.17, 15) is 0 Å². The highest BCUT2D eigenvalue weighted by Crippen LogP contribution is 2.17. The van der Waals surface area contributed by atoms with Crippen LogP contribution >= 0.6 is 12.2 Å². The molecule has 18 heavy (non-hydrogen) atoms. The van der Waals surface area contributed by atoms with Crippen LogP contribution in [-0.4, -0.2) is 17.7 Å². The van der Waals surface area contributed by atoms with E-state index < -0.39 is 0 Å². The van der Waals surface area contributed by atoms with Crippen LogP contribution in [0.15, 0.2) is 0 Å². The molecule has 1 aliphatic rings. The first kappa shape index (κ1) is 15.7. The molecular weight excluding hydrogens is 240 g/mol. The quantitative estimate of drug-likeness (QED) is 0.512. The van der Waals surface area contributed by atoms with Crippen LogP contribution in [0.25, 0.3) is 0 Å². The van der Waals surface area contributed by atoms with Crippen LogP contribution < -0.4 is 10.6 Å². The van der Waals surface area contributed by atoms with Gasteiger partial charge in [0.1, 0.15) is 0 Å². The topological polar surface area (TPSA) is 24.1 Å². The molecule has 106 valence electrons. The molecule has 2 nitrogen and oxygen atoms in total. The largest absolute Gasteiger partial charge is 0.363 e.